The van der Waals surface area contributed by atoms with E-state index >= 15 is 4.79 Å². The Kier molecular flexibility index (Phi) is 22.9. The summed E-state index contributed by atoms with van der Waals surface area (Å²) >= 11 is 0. The Morgan fingerprint density at radius 3 is 1.28 bits per heavy atom. The van der Waals surface area contributed by atoms with Gasteiger partial charge in [-0.05, 0) is 34.4 Å². The molecule has 0 amide bonds. The molecular formula is C69H68O25. The minimum atomic E-state index is -2.13. The van der Waals surface area contributed by atoms with Crippen LogP contribution in [0.2, 0.25) is 0 Å². The van der Waals surface area contributed by atoms with E-state index in [4.69, 9.17) is 75.5 Å². The van der Waals surface area contributed by atoms with Gasteiger partial charge in [-0.15, -0.1) is 0 Å². The predicted molar refractivity (Wildman–Crippen MR) is 327 cm³/mol. The molecule has 2 saturated heterocycles. The summed E-state index contributed by atoms with van der Waals surface area (Å²) in [5.41, 5.74) is 1.78. The predicted octanol–water partition coefficient (Wildman–Crippen LogP) is 8.48. The topological polar surface area (TPSA) is 308 Å². The lowest BCUT2D eigenvalue weighted by atomic mass is 9.96. The lowest BCUT2D eigenvalue weighted by Crippen LogP contribution is -2.67. The fourth-order valence-corrected chi connectivity index (χ4v) is 10.3. The maximum atomic E-state index is 15.7. The summed E-state index contributed by atoms with van der Waals surface area (Å²) < 4.78 is 98.3. The standard InChI is InChI=1S/C69H68O25/c1-38(70)79-36-55-61(85-40(3)72)64(86-41(4)73)66(88-43(6)75)68(91-55)93-62-56(37-80-39(2)71)92-69(67(89-44(7)76)65(62)87-42(5)74)94-63-58(78)57-51(77)30-50(81-32-45-20-12-8-13-21-45)31-52(57)90-59(63)49-28-53(82-33-46-22-14-9-15-23-46)60(84-35-48-26-18-11-19-27-48)54(29-49)83-34-47-24-16-10-17-25-47/h8-31,55-56,61-62,64-69,77H,32-37H2,1-7H3/t55-,56-,61-,62-,64+,65+,66-,67-,68+,69+/m1/s1. The molecule has 0 saturated carbocycles. The molecule has 0 aliphatic carbocycles. The fraction of sp³-hybridized carbons (Fsp3) is 0.333. The van der Waals surface area contributed by atoms with Gasteiger partial charge in [-0.25, -0.2) is 0 Å². The maximum Gasteiger partial charge on any atom is 0.303 e. The molecule has 6 aromatic carbocycles. The summed E-state index contributed by atoms with van der Waals surface area (Å²) in [6.45, 7) is 5.65. The largest absolute Gasteiger partial charge is 0.507 e. The lowest BCUT2D eigenvalue weighted by molar-refractivity contribution is -0.354. The first-order valence-corrected chi connectivity index (χ1v) is 29.6. The third-order valence-electron chi connectivity index (χ3n) is 14.3. The van der Waals surface area contributed by atoms with Crippen molar-refractivity contribution in [3.63, 3.8) is 0 Å². The molecule has 3 heterocycles. The monoisotopic (exact) mass is 1300 g/mol. The van der Waals surface area contributed by atoms with Crippen molar-refractivity contribution >= 4 is 52.8 Å². The Bertz CT molecular complexity index is 3790. The van der Waals surface area contributed by atoms with E-state index in [-0.39, 0.29) is 60.6 Å². The number of hydrogen-bond acceptors (Lipinski definition) is 25. The molecular weight excluding hydrogens is 1230 g/mol. The molecule has 2 fully saturated rings. The summed E-state index contributed by atoms with van der Waals surface area (Å²) in [7, 11) is 0. The van der Waals surface area contributed by atoms with Crippen LogP contribution in [0.5, 0.6) is 34.5 Å². The van der Waals surface area contributed by atoms with Gasteiger partial charge >= 0.3 is 41.8 Å². The minimum absolute atomic E-state index is 0.0139. The number of carbonyl (C=O) groups excluding carboxylic acids is 7. The second-order valence-corrected chi connectivity index (χ2v) is 21.6. The Morgan fingerprint density at radius 1 is 0.426 bits per heavy atom. The zero-order valence-electron chi connectivity index (χ0n) is 52.1. The number of rotatable bonds is 26. The third kappa shape index (κ3) is 18.0. The van der Waals surface area contributed by atoms with Gasteiger partial charge in [0.25, 0.3) is 0 Å². The van der Waals surface area contributed by atoms with E-state index in [0.29, 0.717) is 0 Å². The van der Waals surface area contributed by atoms with Crippen molar-refractivity contribution in [2.45, 2.75) is 136 Å². The van der Waals surface area contributed by atoms with Crippen LogP contribution in [0.15, 0.2) is 155 Å². The first-order valence-electron chi connectivity index (χ1n) is 29.6. The zero-order chi connectivity index (χ0) is 67.0. The summed E-state index contributed by atoms with van der Waals surface area (Å²) in [6, 6.07) is 42.4. The van der Waals surface area contributed by atoms with Crippen LogP contribution in [0.1, 0.15) is 70.7 Å². The molecule has 25 nitrogen and oxygen atoms in total. The molecule has 0 spiro atoms. The van der Waals surface area contributed by atoms with Crippen LogP contribution < -0.4 is 29.1 Å². The van der Waals surface area contributed by atoms with Crippen molar-refractivity contribution in [3.05, 3.63) is 178 Å². The summed E-state index contributed by atoms with van der Waals surface area (Å²) in [5, 5.41) is 11.5. The first-order chi connectivity index (χ1) is 45.2. The van der Waals surface area contributed by atoms with Gasteiger partial charge < -0.3 is 80.6 Å². The summed E-state index contributed by atoms with van der Waals surface area (Å²) in [4.78, 5) is 106. The lowest BCUT2D eigenvalue weighted by Gasteiger charge is -2.48. The van der Waals surface area contributed by atoms with Gasteiger partial charge in [-0.1, -0.05) is 121 Å². The number of aromatic hydroxyl groups is 1. The molecule has 25 heteroatoms. The van der Waals surface area contributed by atoms with E-state index in [2.05, 4.69) is 0 Å². The van der Waals surface area contributed by atoms with E-state index in [1.54, 1.807) is 0 Å². The fourth-order valence-electron chi connectivity index (χ4n) is 10.3. The van der Waals surface area contributed by atoms with Crippen LogP contribution in [0.25, 0.3) is 22.3 Å². The smallest absolute Gasteiger partial charge is 0.303 e. The van der Waals surface area contributed by atoms with Gasteiger partial charge in [0, 0.05) is 66.2 Å². The molecule has 0 bridgehead atoms. The number of ether oxygens (including phenoxy) is 15. The molecule has 2 aliphatic rings. The van der Waals surface area contributed by atoms with E-state index in [9.17, 15) is 38.7 Å². The van der Waals surface area contributed by atoms with Gasteiger partial charge in [0.05, 0.1) is 0 Å². The number of phenols is 1. The summed E-state index contributed by atoms with van der Waals surface area (Å²) in [6.07, 6.45) is -18.7. The van der Waals surface area contributed by atoms with Gasteiger partial charge in [-0.3, -0.25) is 38.4 Å². The SMILES string of the molecule is CC(=O)OC[C@H]1O[C@@H](O[C@H]2[C@H](OC(C)=O)[C@@H](OC(C)=O)[C@H](Oc3c(-c4cc(OCc5ccccc5)c(OCc5ccccc5)c(OCc5ccccc5)c4)oc4cc(OCc5ccccc5)cc(O)c4c3=O)O[C@@H]2COC(C)=O)[C@H](OC(C)=O)[C@@H](OC(C)=O)[C@@H]1OC(C)=O. The Hall–Kier alpha value is -10.5. The highest BCUT2D eigenvalue weighted by Crippen LogP contribution is 2.47. The van der Waals surface area contributed by atoms with Crippen LogP contribution in [0.4, 0.5) is 0 Å². The van der Waals surface area contributed by atoms with Crippen molar-refractivity contribution in [2.24, 2.45) is 0 Å². The van der Waals surface area contributed by atoms with Crippen molar-refractivity contribution in [1.82, 2.24) is 0 Å². The molecule has 494 valence electrons. The van der Waals surface area contributed by atoms with Crippen LogP contribution >= 0.6 is 0 Å². The Labute approximate surface area is 538 Å². The first kappa shape index (κ1) is 67.9. The number of fused-ring (bicyclic) bond motifs is 1. The molecule has 0 radical (unpaired) electrons. The Morgan fingerprint density at radius 2 is 0.819 bits per heavy atom. The second-order valence-electron chi connectivity index (χ2n) is 21.6. The van der Waals surface area contributed by atoms with Crippen LogP contribution in [-0.2, 0) is 107 Å². The van der Waals surface area contributed by atoms with E-state index < -0.39 is 144 Å². The molecule has 94 heavy (non-hydrogen) atoms. The highest BCUT2D eigenvalue weighted by atomic mass is 16.8. The molecule has 1 N–H and O–H groups in total. The quantitative estimate of drug-likeness (QED) is 0.0392. The highest BCUT2D eigenvalue weighted by molar-refractivity contribution is 5.89. The molecule has 10 atom stereocenters. The van der Waals surface area contributed by atoms with E-state index in [1.807, 2.05) is 121 Å². The van der Waals surface area contributed by atoms with Crippen LogP contribution in [-0.4, -0.2) is 122 Å². The van der Waals surface area contributed by atoms with Crippen LogP contribution in [0, 0.1) is 0 Å². The molecule has 9 rings (SSSR count). The van der Waals surface area contributed by atoms with Crippen molar-refractivity contribution in [2.75, 3.05) is 13.2 Å². The Balaban J connectivity index is 1.23. The molecule has 7 aromatic rings. The van der Waals surface area contributed by atoms with Gasteiger partial charge in [-0.2, -0.15) is 0 Å². The maximum absolute atomic E-state index is 15.7. The summed E-state index contributed by atoms with van der Waals surface area (Å²) in [5.74, 6) is -8.16. The van der Waals surface area contributed by atoms with Gasteiger partial charge in [0.2, 0.25) is 29.3 Å². The molecule has 2 aliphatic heterocycles. The zero-order valence-corrected chi connectivity index (χ0v) is 52.1. The molecule has 0 unspecified atom stereocenters. The number of esters is 7. The van der Waals surface area contributed by atoms with Crippen LogP contribution in [0.3, 0.4) is 0 Å². The van der Waals surface area contributed by atoms with E-state index in [1.165, 1.54) is 24.3 Å². The number of hydrogen-bond donors (Lipinski definition) is 1. The number of carbonyl (C=O) groups is 7. The van der Waals surface area contributed by atoms with Crippen molar-refractivity contribution < 1.29 is 114 Å². The average Bonchev–Trinajstić information content (AvgIpc) is 0.757. The number of phenolic OH excluding ortho intramolecular Hbond substituents is 1. The average molecular weight is 1300 g/mol. The number of benzene rings is 6. The third-order valence-corrected chi connectivity index (χ3v) is 14.3. The normalized spacial score (nSPS) is 20.7. The minimum Gasteiger partial charge on any atom is -0.507 e. The van der Waals surface area contributed by atoms with Crippen molar-refractivity contribution in [3.8, 4) is 45.8 Å². The molecule has 1 aromatic heterocycles. The van der Waals surface area contributed by atoms with Crippen molar-refractivity contribution in [1.29, 1.82) is 0 Å². The van der Waals surface area contributed by atoms with Gasteiger partial charge in [0.15, 0.2) is 48.0 Å². The second kappa shape index (κ2) is 31.7. The van der Waals surface area contributed by atoms with Gasteiger partial charge in [0.1, 0.15) is 80.4 Å². The highest BCUT2D eigenvalue weighted by Gasteiger charge is 2.58. The van der Waals surface area contributed by atoms with E-state index in [0.717, 1.165) is 70.7 Å².